The van der Waals surface area contributed by atoms with Gasteiger partial charge in [-0.1, -0.05) is 11.6 Å². The van der Waals surface area contributed by atoms with Crippen LogP contribution >= 0.6 is 23.2 Å². The first-order valence-corrected chi connectivity index (χ1v) is 5.36. The van der Waals surface area contributed by atoms with Gasteiger partial charge in [-0.2, -0.15) is 5.10 Å². The lowest BCUT2D eigenvalue weighted by molar-refractivity contribution is -0.127. The molecule has 0 aliphatic carbocycles. The zero-order valence-corrected chi connectivity index (χ0v) is 10.4. The number of alkyl halides is 1. The minimum atomic E-state index is -0.129. The number of halogens is 2. The molecule has 1 aromatic heterocycles. The molecule has 0 bridgehead atoms. The van der Waals surface area contributed by atoms with E-state index in [0.717, 1.165) is 11.3 Å². The molecular weight excluding hydrogens is 237 g/mol. The Morgan fingerprint density at radius 3 is 2.60 bits per heavy atom. The second kappa shape index (κ2) is 4.86. The number of carbonyl (C=O) groups is 1. The molecular formula is C9H13Cl2N3O. The highest BCUT2D eigenvalue weighted by atomic mass is 35.5. The molecule has 84 valence electrons. The van der Waals surface area contributed by atoms with Crippen molar-refractivity contribution in [3.63, 3.8) is 0 Å². The minimum Gasteiger partial charge on any atom is -0.340 e. The second-order valence-electron chi connectivity index (χ2n) is 3.36. The highest BCUT2D eigenvalue weighted by Gasteiger charge is 2.15. The van der Waals surface area contributed by atoms with E-state index >= 15 is 0 Å². The molecule has 0 radical (unpaired) electrons. The van der Waals surface area contributed by atoms with Crippen LogP contribution in [-0.4, -0.2) is 33.5 Å². The van der Waals surface area contributed by atoms with Crippen LogP contribution in [-0.2, 0) is 18.4 Å². The minimum absolute atomic E-state index is 0.0204. The fraction of sp³-hybridized carbons (Fsp3) is 0.556. The standard InChI is InChI=1S/C9H13Cl2N3O/c1-6-7(9(11)14(3)12-6)5-13(2)8(15)4-10/h4-5H2,1-3H3. The molecule has 0 aliphatic rings. The third-order valence-corrected chi connectivity index (χ3v) is 2.91. The molecule has 0 unspecified atom stereocenters. The van der Waals surface area contributed by atoms with E-state index in [-0.39, 0.29) is 11.8 Å². The predicted octanol–water partition coefficient (Wildman–Crippen LogP) is 1.58. The maximum atomic E-state index is 11.3. The summed E-state index contributed by atoms with van der Waals surface area (Å²) in [4.78, 5) is 12.8. The van der Waals surface area contributed by atoms with E-state index in [2.05, 4.69) is 5.10 Å². The van der Waals surface area contributed by atoms with Gasteiger partial charge in [-0.3, -0.25) is 9.48 Å². The van der Waals surface area contributed by atoms with E-state index in [9.17, 15) is 4.79 Å². The van der Waals surface area contributed by atoms with Gasteiger partial charge in [0.05, 0.1) is 12.2 Å². The number of nitrogens with zero attached hydrogens (tertiary/aromatic N) is 3. The SMILES string of the molecule is Cc1nn(C)c(Cl)c1CN(C)C(=O)CCl. The van der Waals surface area contributed by atoms with Crippen LogP contribution in [0, 0.1) is 6.92 Å². The molecule has 0 saturated carbocycles. The lowest BCUT2D eigenvalue weighted by Gasteiger charge is -2.15. The number of aromatic nitrogens is 2. The third-order valence-electron chi connectivity index (χ3n) is 2.21. The Morgan fingerprint density at radius 1 is 1.60 bits per heavy atom. The lowest BCUT2D eigenvalue weighted by atomic mass is 10.2. The average molecular weight is 250 g/mol. The molecule has 0 aromatic carbocycles. The summed E-state index contributed by atoms with van der Waals surface area (Å²) in [6.07, 6.45) is 0. The zero-order valence-electron chi connectivity index (χ0n) is 8.92. The first-order valence-electron chi connectivity index (χ1n) is 4.45. The maximum absolute atomic E-state index is 11.3. The third kappa shape index (κ3) is 2.63. The van der Waals surface area contributed by atoms with E-state index in [0.29, 0.717) is 11.7 Å². The van der Waals surface area contributed by atoms with Gasteiger partial charge in [0, 0.05) is 19.7 Å². The molecule has 0 saturated heterocycles. The number of aryl methyl sites for hydroxylation is 2. The first kappa shape index (κ1) is 12.3. The molecule has 1 aromatic rings. The van der Waals surface area contributed by atoms with Crippen LogP contribution in [0.25, 0.3) is 0 Å². The van der Waals surface area contributed by atoms with E-state index in [1.165, 1.54) is 4.90 Å². The molecule has 1 amide bonds. The van der Waals surface area contributed by atoms with Gasteiger partial charge in [0.2, 0.25) is 5.91 Å². The van der Waals surface area contributed by atoms with E-state index in [4.69, 9.17) is 23.2 Å². The van der Waals surface area contributed by atoms with Crippen LogP contribution in [0.15, 0.2) is 0 Å². The number of hydrogen-bond donors (Lipinski definition) is 0. The molecule has 0 aliphatic heterocycles. The molecule has 1 heterocycles. The van der Waals surface area contributed by atoms with Crippen LogP contribution in [0.4, 0.5) is 0 Å². The van der Waals surface area contributed by atoms with Gasteiger partial charge in [-0.05, 0) is 6.92 Å². The predicted molar refractivity (Wildman–Crippen MR) is 60.1 cm³/mol. The van der Waals surface area contributed by atoms with Crippen molar-refractivity contribution in [1.82, 2.24) is 14.7 Å². The Morgan fingerprint density at radius 2 is 2.20 bits per heavy atom. The fourth-order valence-corrected chi connectivity index (χ4v) is 1.72. The monoisotopic (exact) mass is 249 g/mol. The highest BCUT2D eigenvalue weighted by molar-refractivity contribution is 6.30. The number of amides is 1. The number of carbonyl (C=O) groups excluding carboxylic acids is 1. The van der Waals surface area contributed by atoms with Crippen LogP contribution in [0.3, 0.4) is 0 Å². The summed E-state index contributed by atoms with van der Waals surface area (Å²) in [5.74, 6) is -0.149. The molecule has 0 spiro atoms. The van der Waals surface area contributed by atoms with Crippen molar-refractivity contribution < 1.29 is 4.79 Å². The molecule has 4 nitrogen and oxygen atoms in total. The number of rotatable bonds is 3. The fourth-order valence-electron chi connectivity index (χ4n) is 1.28. The van der Waals surface area contributed by atoms with Gasteiger partial charge < -0.3 is 4.90 Å². The highest BCUT2D eigenvalue weighted by Crippen LogP contribution is 2.19. The Kier molecular flexibility index (Phi) is 3.99. The normalized spacial score (nSPS) is 10.5. The maximum Gasteiger partial charge on any atom is 0.237 e. The Hall–Kier alpha value is -0.740. The summed E-state index contributed by atoms with van der Waals surface area (Å²) in [5.41, 5.74) is 1.69. The Bertz CT molecular complexity index is 376. The smallest absolute Gasteiger partial charge is 0.237 e. The summed E-state index contributed by atoms with van der Waals surface area (Å²) >= 11 is 11.5. The zero-order chi connectivity index (χ0) is 11.6. The molecule has 6 heteroatoms. The first-order chi connectivity index (χ1) is 6.97. The quantitative estimate of drug-likeness (QED) is 0.764. The van der Waals surface area contributed by atoms with Gasteiger partial charge in [-0.15, -0.1) is 11.6 Å². The van der Waals surface area contributed by atoms with Gasteiger partial charge in [0.1, 0.15) is 11.0 Å². The number of hydrogen-bond acceptors (Lipinski definition) is 2. The Labute approximate surface area is 98.8 Å². The average Bonchev–Trinajstić information content (AvgIpc) is 2.43. The molecule has 0 fully saturated rings. The molecule has 15 heavy (non-hydrogen) atoms. The lowest BCUT2D eigenvalue weighted by Crippen LogP contribution is -2.27. The topological polar surface area (TPSA) is 38.1 Å². The van der Waals surface area contributed by atoms with Crippen molar-refractivity contribution in [3.8, 4) is 0 Å². The van der Waals surface area contributed by atoms with Crippen LogP contribution in [0.1, 0.15) is 11.3 Å². The summed E-state index contributed by atoms with van der Waals surface area (Å²) in [5, 5.41) is 4.72. The van der Waals surface area contributed by atoms with E-state index in [1.54, 1.807) is 18.8 Å². The summed E-state index contributed by atoms with van der Waals surface area (Å²) in [6, 6.07) is 0. The van der Waals surface area contributed by atoms with Crippen molar-refractivity contribution in [3.05, 3.63) is 16.4 Å². The Balaban J connectivity index is 2.85. The van der Waals surface area contributed by atoms with E-state index in [1.807, 2.05) is 6.92 Å². The summed E-state index contributed by atoms with van der Waals surface area (Å²) in [6.45, 7) is 2.30. The molecule has 0 atom stereocenters. The van der Waals surface area contributed by atoms with Gasteiger partial charge in [0.15, 0.2) is 0 Å². The van der Waals surface area contributed by atoms with Gasteiger partial charge in [-0.25, -0.2) is 0 Å². The van der Waals surface area contributed by atoms with Crippen LogP contribution < -0.4 is 0 Å². The van der Waals surface area contributed by atoms with Crippen molar-refractivity contribution >= 4 is 29.1 Å². The van der Waals surface area contributed by atoms with Gasteiger partial charge >= 0.3 is 0 Å². The van der Waals surface area contributed by atoms with Crippen LogP contribution in [0.2, 0.25) is 5.15 Å². The van der Waals surface area contributed by atoms with Crippen molar-refractivity contribution in [2.75, 3.05) is 12.9 Å². The van der Waals surface area contributed by atoms with Gasteiger partial charge in [0.25, 0.3) is 0 Å². The van der Waals surface area contributed by atoms with Crippen molar-refractivity contribution in [2.24, 2.45) is 7.05 Å². The van der Waals surface area contributed by atoms with Crippen molar-refractivity contribution in [2.45, 2.75) is 13.5 Å². The van der Waals surface area contributed by atoms with Crippen LogP contribution in [0.5, 0.6) is 0 Å². The second-order valence-corrected chi connectivity index (χ2v) is 3.99. The largest absolute Gasteiger partial charge is 0.340 e. The molecule has 1 rings (SSSR count). The van der Waals surface area contributed by atoms with E-state index < -0.39 is 0 Å². The molecule has 0 N–H and O–H groups in total. The summed E-state index contributed by atoms with van der Waals surface area (Å²) < 4.78 is 1.59. The summed E-state index contributed by atoms with van der Waals surface area (Å²) in [7, 11) is 3.45. The van der Waals surface area contributed by atoms with Crippen molar-refractivity contribution in [1.29, 1.82) is 0 Å².